The SMILES string of the molecule is Nc1ccc(N2CCOCC2=O)cc1.O=C(Nc1ccc(N2CCOCC2=O)cc1)[C@H]1CS(=O)(=O)CN1C(=O)Nc1ccc(Cl)cc1.O=C(Nc1ccc(N2CCOCC2=O)cc1)[C@H]1CSCN1C(=O)Nc1ccc(Cl)cc1.O=C(O)[C@H]1CSCN1.O=C(O)[C@H]1CSCN1C(=O)Nc1ccc(Cl)cc1.O=C=Nc1ccc(Cl)cc1.O=CO[O-].[Na+]. The number of hydrogen-bond acceptors (Lipinski definition) is 25. The molecule has 0 saturated carbocycles. The van der Waals surface area contributed by atoms with Crippen LogP contribution in [0.3, 0.4) is 0 Å². The number of urea groups is 3. The number of carbonyl (C=O) groups excluding carboxylic acids is 10. The van der Waals surface area contributed by atoms with Crippen LogP contribution in [0.4, 0.5) is 71.3 Å². The number of aliphatic imine (C=N–C) groups is 1. The number of nitrogens with two attached hydrogens (primary N) is 1. The Morgan fingerprint density at radius 3 is 1.20 bits per heavy atom. The first-order valence-corrected chi connectivity index (χ1v) is 41.9. The van der Waals surface area contributed by atoms with E-state index >= 15 is 0 Å². The third-order valence-electron chi connectivity index (χ3n) is 17.0. The zero-order chi connectivity index (χ0) is 85.3. The van der Waals surface area contributed by atoms with Gasteiger partial charge in [-0.15, -0.1) is 35.3 Å². The monoisotopic (exact) mass is 1800 g/mol. The molecule has 4 atom stereocenters. The van der Waals surface area contributed by atoms with E-state index in [1.165, 1.54) is 39.4 Å². The first-order valence-electron chi connectivity index (χ1n) is 35.1. The summed E-state index contributed by atoms with van der Waals surface area (Å²) in [5.41, 5.74) is 11.8. The summed E-state index contributed by atoms with van der Waals surface area (Å²) < 4.78 is 39.7. The van der Waals surface area contributed by atoms with Gasteiger partial charge >= 0.3 is 59.6 Å². The quantitative estimate of drug-likeness (QED) is 0.0121. The predicted octanol–water partition coefficient (Wildman–Crippen LogP) is 5.62. The van der Waals surface area contributed by atoms with Crippen molar-refractivity contribution in [1.29, 1.82) is 0 Å². The summed E-state index contributed by atoms with van der Waals surface area (Å²) in [5, 5.41) is 44.4. The molecule has 0 bridgehead atoms. The van der Waals surface area contributed by atoms with Crippen LogP contribution < -0.4 is 87.1 Å². The van der Waals surface area contributed by atoms with E-state index in [1.54, 1.807) is 184 Å². The Kier molecular flexibility index (Phi) is 39.8. The molecule has 7 aliphatic heterocycles. The van der Waals surface area contributed by atoms with Crippen LogP contribution >= 0.6 is 81.7 Å². The van der Waals surface area contributed by atoms with Crippen molar-refractivity contribution in [2.24, 2.45) is 4.99 Å². The minimum absolute atomic E-state index is 0. The summed E-state index contributed by atoms with van der Waals surface area (Å²) in [6.45, 7) is 3.16. The molecule has 0 unspecified atom stereocenters. The normalized spacial score (nSPS) is 18.0. The number of ether oxygens (including phenoxy) is 3. The van der Waals surface area contributed by atoms with Crippen LogP contribution in [0, 0.1) is 0 Å². The topological polar surface area (TPSA) is 469 Å². The van der Waals surface area contributed by atoms with E-state index in [4.69, 9.17) is 86.6 Å². The van der Waals surface area contributed by atoms with E-state index in [9.17, 15) is 61.2 Å². The van der Waals surface area contributed by atoms with Crippen LogP contribution in [-0.2, 0) is 72.1 Å². The number of anilines is 9. The van der Waals surface area contributed by atoms with E-state index in [-0.39, 0.29) is 91.6 Å². The van der Waals surface area contributed by atoms with Gasteiger partial charge in [0.1, 0.15) is 49.9 Å². The van der Waals surface area contributed by atoms with Crippen LogP contribution in [0.1, 0.15) is 0 Å². The molecule has 7 aromatic rings. The molecule has 35 nitrogen and oxygen atoms in total. The summed E-state index contributed by atoms with van der Waals surface area (Å²) in [4.78, 5) is 153. The minimum atomic E-state index is -3.63. The molecule has 44 heteroatoms. The third kappa shape index (κ3) is 31.1. The third-order valence-corrected chi connectivity index (χ3v) is 22.4. The summed E-state index contributed by atoms with van der Waals surface area (Å²) in [5.74, 6) is -0.672. The fourth-order valence-electron chi connectivity index (χ4n) is 11.0. The van der Waals surface area contributed by atoms with Gasteiger partial charge in [-0.2, -0.15) is 4.99 Å². The number of benzene rings is 7. The minimum Gasteiger partial charge on any atom is -0.662 e. The number of carbonyl (C=O) groups is 11. The number of sulfone groups is 1. The number of rotatable bonds is 14. The Morgan fingerprint density at radius 2 is 0.857 bits per heavy atom. The average molecular weight is 1800 g/mol. The fourth-order valence-corrected chi connectivity index (χ4v) is 16.4. The molecular weight excluding hydrogens is 1730 g/mol. The van der Waals surface area contributed by atoms with Crippen molar-refractivity contribution in [2.45, 2.75) is 24.2 Å². The Bertz CT molecular complexity index is 4780. The van der Waals surface area contributed by atoms with Crippen molar-refractivity contribution < 1.29 is 130 Å². The van der Waals surface area contributed by atoms with Gasteiger partial charge in [-0.05, 0) is 170 Å². The standard InChI is InChI=1S/C21H21ClN4O6S.C21H21ClN4O4S.C11H11ClN2O3S.C10H12N2O2.C7H4ClNO.C4H7NO2S.CH2O3.Na/c22-14-1-3-16(4-2-14)24-21(29)26-13-33(30,31)12-18(26)20(28)23-15-5-7-17(8-6-15)25-9-10-32-11-19(25)27;22-14-1-3-16(4-2-14)24-21(29)26-13-31-12-18(26)20(28)23-15-5-7-17(8-6-15)25-9-10-30-11-19(25)27;12-7-1-3-8(4-2-7)13-11(17)14-6-18-5-9(14)10(15)16;11-8-1-3-9(4-2-8)12-5-6-14-7-10(12)13;8-6-1-3-7(4-2-6)9-5-10;6-4(7)3-1-8-2-5-3;2-1-4-3;/h1-8,18H,9-13H2,(H,23,28)(H,24,29);1-8,18H,9-13H2,(H,23,28)(H,24,29);1-4,9H,5-6H2,(H,13,17)(H,15,16);1-4H,5-7,11H2;1-4H;3,5H,1-2H2,(H,6,7);1,3H;/q;;;;;;;+1/p-1/t2*18-;9-;;;3-;;/m111..1../s1. The van der Waals surface area contributed by atoms with Gasteiger partial charge in [0.15, 0.2) is 9.84 Å². The van der Waals surface area contributed by atoms with E-state index in [1.807, 2.05) is 12.1 Å². The number of hydrogen-bond donors (Lipinski definition) is 9. The second-order valence-corrected chi connectivity index (χ2v) is 31.9. The van der Waals surface area contributed by atoms with Gasteiger partial charge < -0.3 is 91.4 Å². The van der Waals surface area contributed by atoms with E-state index < -0.39 is 69.5 Å². The number of nitrogens with one attached hydrogen (secondary N) is 6. The molecule has 0 radical (unpaired) electrons. The van der Waals surface area contributed by atoms with Crippen molar-refractivity contribution in [3.05, 3.63) is 190 Å². The van der Waals surface area contributed by atoms with Crippen molar-refractivity contribution in [2.75, 3.05) is 153 Å². The molecule has 14 rings (SSSR count). The van der Waals surface area contributed by atoms with Gasteiger partial charge in [-0.3, -0.25) is 43.8 Å². The first-order chi connectivity index (χ1) is 56.6. The van der Waals surface area contributed by atoms with E-state index in [0.717, 1.165) is 22.2 Å². The summed E-state index contributed by atoms with van der Waals surface area (Å²) >= 11 is 27.6. The van der Waals surface area contributed by atoms with Crippen LogP contribution in [0.15, 0.2) is 175 Å². The molecule has 10 N–H and O–H groups in total. The maximum Gasteiger partial charge on any atom is 1.00 e. The van der Waals surface area contributed by atoms with Crippen molar-refractivity contribution in [3.8, 4) is 0 Å². The summed E-state index contributed by atoms with van der Waals surface area (Å²) in [7, 11) is -3.63. The molecule has 0 aliphatic carbocycles. The molecule has 0 aromatic heterocycles. The maximum absolute atomic E-state index is 12.9. The smallest absolute Gasteiger partial charge is 0.662 e. The van der Waals surface area contributed by atoms with Crippen LogP contribution in [0.25, 0.3) is 0 Å². The van der Waals surface area contributed by atoms with Gasteiger partial charge in [-0.1, -0.05) is 46.4 Å². The number of amides is 11. The number of isocyanates is 1. The maximum atomic E-state index is 12.9. The van der Waals surface area contributed by atoms with Crippen LogP contribution in [0.2, 0.25) is 20.1 Å². The molecular formula is C75H77Cl4N14NaO21S4. The van der Waals surface area contributed by atoms with Gasteiger partial charge in [0, 0.05) is 114 Å². The molecule has 11 amide bonds. The number of nitrogen functional groups attached to an aromatic ring is 1. The number of morpholine rings is 3. The van der Waals surface area contributed by atoms with Crippen LogP contribution in [0.5, 0.6) is 0 Å². The predicted molar refractivity (Wildman–Crippen MR) is 448 cm³/mol. The Hall–Kier alpha value is -9.75. The Morgan fingerprint density at radius 1 is 0.513 bits per heavy atom. The zero-order valence-electron chi connectivity index (χ0n) is 63.1. The van der Waals surface area contributed by atoms with Crippen molar-refractivity contribution >= 4 is 221 Å². The van der Waals surface area contributed by atoms with Gasteiger partial charge in [0.05, 0.1) is 43.0 Å². The fraction of sp³-hybridized carbons (Fsp3) is 0.280. The van der Waals surface area contributed by atoms with Gasteiger partial charge in [-0.25, -0.2) is 32.4 Å². The second kappa shape index (κ2) is 49.1. The van der Waals surface area contributed by atoms with E-state index in [0.29, 0.717) is 134 Å². The zero-order valence-corrected chi connectivity index (χ0v) is 71.4. The number of halogens is 4. The molecule has 626 valence electrons. The van der Waals surface area contributed by atoms with Crippen molar-refractivity contribution in [3.63, 3.8) is 0 Å². The molecule has 7 fully saturated rings. The van der Waals surface area contributed by atoms with Gasteiger partial charge in [0.2, 0.25) is 17.9 Å². The molecule has 7 heterocycles. The molecule has 7 aliphatic rings. The largest absolute Gasteiger partial charge is 1.00 e. The number of carboxylic acid groups (broad SMARTS) is 2. The molecule has 7 saturated heterocycles. The average Bonchev–Trinajstić information content (AvgIpc) is 1.66. The Labute approximate surface area is 736 Å². The van der Waals surface area contributed by atoms with Crippen molar-refractivity contribution in [1.82, 2.24) is 20.0 Å². The first kappa shape index (κ1) is 96.4. The van der Waals surface area contributed by atoms with E-state index in [2.05, 4.69) is 41.8 Å². The summed E-state index contributed by atoms with van der Waals surface area (Å²) in [6.07, 6.45) is 1.44. The number of aliphatic carboxylic acids is 2. The molecule has 7 aromatic carbocycles. The number of nitrogens with zero attached hydrogens (tertiary/aromatic N) is 7. The molecule has 0 spiro atoms. The van der Waals surface area contributed by atoms with Gasteiger partial charge in [0.25, 0.3) is 24.2 Å². The molecule has 119 heavy (non-hydrogen) atoms. The second-order valence-electron chi connectivity index (χ2n) is 25.1. The van der Waals surface area contributed by atoms with Crippen LogP contribution in [-0.4, -0.2) is 235 Å². The number of carboxylic acids is 2. The summed E-state index contributed by atoms with van der Waals surface area (Å²) in [6, 6.07) is 43.0. The Balaban J connectivity index is 0.000000207. The number of thioether (sulfide) groups is 3.